The minimum Gasteiger partial charge on any atom is -0.493 e. The van der Waals surface area contributed by atoms with E-state index in [4.69, 9.17) is 4.74 Å². The average Bonchev–Trinajstić information content (AvgIpc) is 3.07. The maximum atomic E-state index is 12.5. The van der Waals surface area contributed by atoms with Crippen LogP contribution < -0.4 is 14.8 Å². The van der Waals surface area contributed by atoms with E-state index in [1.54, 1.807) is 11.0 Å². The van der Waals surface area contributed by atoms with Crippen molar-refractivity contribution in [2.24, 2.45) is 11.8 Å². The Morgan fingerprint density at radius 1 is 1.26 bits per heavy atom. The minimum atomic E-state index is -2.96. The van der Waals surface area contributed by atoms with Gasteiger partial charge in [-0.1, -0.05) is 0 Å². The molecule has 0 unspecified atom stereocenters. The molecule has 1 N–H and O–H groups in total. The number of fused-ring (bicyclic) bond motifs is 1. The molecule has 2 aliphatic rings. The third-order valence-corrected chi connectivity index (χ3v) is 4.30. The van der Waals surface area contributed by atoms with E-state index < -0.39 is 6.61 Å². The van der Waals surface area contributed by atoms with E-state index in [0.717, 1.165) is 13.1 Å². The number of halogens is 3. The highest BCUT2D eigenvalue weighted by Gasteiger charge is 2.38. The maximum Gasteiger partial charge on any atom is 0.387 e. The second-order valence-electron chi connectivity index (χ2n) is 5.63. The Morgan fingerprint density at radius 2 is 1.91 bits per heavy atom. The van der Waals surface area contributed by atoms with Gasteiger partial charge in [0, 0.05) is 31.7 Å². The van der Waals surface area contributed by atoms with Gasteiger partial charge in [0.2, 0.25) is 0 Å². The monoisotopic (exact) mass is 348 g/mol. The number of amides is 1. The summed E-state index contributed by atoms with van der Waals surface area (Å²) in [6.07, 6.45) is 0. The highest BCUT2D eigenvalue weighted by Crippen LogP contribution is 2.32. The van der Waals surface area contributed by atoms with Crippen molar-refractivity contribution in [1.82, 2.24) is 10.2 Å². The largest absolute Gasteiger partial charge is 0.493 e. The van der Waals surface area contributed by atoms with E-state index in [2.05, 4.69) is 10.1 Å². The lowest BCUT2D eigenvalue weighted by molar-refractivity contribution is -0.0512. The lowest BCUT2D eigenvalue weighted by atomic mass is 10.0. The Kier molecular flexibility index (Phi) is 5.64. The van der Waals surface area contributed by atoms with Crippen molar-refractivity contribution in [2.75, 3.05) is 33.3 Å². The van der Waals surface area contributed by atoms with Crippen LogP contribution in [0.1, 0.15) is 10.4 Å². The molecule has 0 spiro atoms. The van der Waals surface area contributed by atoms with Gasteiger partial charge in [0.05, 0.1) is 7.11 Å². The van der Waals surface area contributed by atoms with Crippen molar-refractivity contribution in [1.29, 1.82) is 0 Å². The molecule has 0 saturated carbocycles. The number of methoxy groups -OCH3 is 1. The smallest absolute Gasteiger partial charge is 0.387 e. The van der Waals surface area contributed by atoms with Gasteiger partial charge < -0.3 is 19.7 Å². The van der Waals surface area contributed by atoms with Crippen molar-refractivity contribution < 1.29 is 23.0 Å². The lowest BCUT2D eigenvalue weighted by Gasteiger charge is -2.18. The predicted molar refractivity (Wildman–Crippen MR) is 82.6 cm³/mol. The van der Waals surface area contributed by atoms with Gasteiger partial charge in [-0.25, -0.2) is 0 Å². The molecule has 1 amide bonds. The van der Waals surface area contributed by atoms with Crippen LogP contribution in [0.3, 0.4) is 0 Å². The van der Waals surface area contributed by atoms with Crippen molar-refractivity contribution in [3.63, 3.8) is 0 Å². The van der Waals surface area contributed by atoms with Crippen LogP contribution in [0.25, 0.3) is 0 Å². The first-order valence-electron chi connectivity index (χ1n) is 7.21. The fraction of sp³-hybridized carbons (Fsp3) is 0.533. The number of ether oxygens (including phenoxy) is 2. The number of rotatable bonds is 4. The number of nitrogens with one attached hydrogen (secondary N) is 1. The molecule has 1 aromatic rings. The van der Waals surface area contributed by atoms with E-state index in [-0.39, 0.29) is 29.8 Å². The van der Waals surface area contributed by atoms with E-state index in [1.807, 2.05) is 0 Å². The molecule has 3 rings (SSSR count). The Bertz CT molecular complexity index is 562. The van der Waals surface area contributed by atoms with Gasteiger partial charge >= 0.3 is 6.61 Å². The summed E-state index contributed by atoms with van der Waals surface area (Å²) in [7, 11) is 1.36. The number of nitrogens with zero attached hydrogens (tertiary/aromatic N) is 1. The molecule has 0 aromatic heterocycles. The summed E-state index contributed by atoms with van der Waals surface area (Å²) in [5, 5.41) is 3.31. The highest BCUT2D eigenvalue weighted by atomic mass is 35.5. The van der Waals surface area contributed by atoms with Crippen molar-refractivity contribution in [3.8, 4) is 11.5 Å². The molecule has 2 heterocycles. The van der Waals surface area contributed by atoms with Crippen LogP contribution in [0.5, 0.6) is 11.5 Å². The number of carbonyl (C=O) groups excluding carboxylic acids is 1. The van der Waals surface area contributed by atoms with Crippen LogP contribution in [0, 0.1) is 11.8 Å². The molecule has 0 radical (unpaired) electrons. The number of hydrogen-bond donors (Lipinski definition) is 1. The van der Waals surface area contributed by atoms with E-state index in [0.29, 0.717) is 30.5 Å². The Morgan fingerprint density at radius 3 is 2.48 bits per heavy atom. The first-order chi connectivity index (χ1) is 10.6. The van der Waals surface area contributed by atoms with Gasteiger partial charge in [-0.15, -0.1) is 12.4 Å². The quantitative estimate of drug-likeness (QED) is 0.904. The first-order valence-corrected chi connectivity index (χ1v) is 7.21. The number of benzene rings is 1. The topological polar surface area (TPSA) is 50.8 Å². The third-order valence-electron chi connectivity index (χ3n) is 4.30. The summed E-state index contributed by atoms with van der Waals surface area (Å²) in [5.41, 5.74) is 0.337. The van der Waals surface area contributed by atoms with Gasteiger partial charge in [0.15, 0.2) is 11.5 Å². The third kappa shape index (κ3) is 3.67. The zero-order chi connectivity index (χ0) is 15.7. The van der Waals surface area contributed by atoms with Crippen LogP contribution in [0.4, 0.5) is 8.78 Å². The van der Waals surface area contributed by atoms with Crippen molar-refractivity contribution in [2.45, 2.75) is 6.61 Å². The molecule has 1 aromatic carbocycles. The van der Waals surface area contributed by atoms with Gasteiger partial charge in [-0.3, -0.25) is 4.79 Å². The van der Waals surface area contributed by atoms with Crippen LogP contribution >= 0.6 is 12.4 Å². The zero-order valence-electron chi connectivity index (χ0n) is 12.6. The lowest BCUT2D eigenvalue weighted by Crippen LogP contribution is -2.31. The molecule has 23 heavy (non-hydrogen) atoms. The first kappa shape index (κ1) is 17.7. The number of carbonyl (C=O) groups is 1. The van der Waals surface area contributed by atoms with E-state index in [1.165, 1.54) is 19.2 Å². The van der Waals surface area contributed by atoms with Crippen molar-refractivity contribution >= 4 is 18.3 Å². The predicted octanol–water partition coefficient (Wildman–Crippen LogP) is 2.01. The van der Waals surface area contributed by atoms with Crippen LogP contribution in [0.15, 0.2) is 18.2 Å². The van der Waals surface area contributed by atoms with Gasteiger partial charge in [0.1, 0.15) is 0 Å². The minimum absolute atomic E-state index is 0. The molecule has 0 aliphatic carbocycles. The summed E-state index contributed by atoms with van der Waals surface area (Å²) < 4.78 is 34.3. The fourth-order valence-electron chi connectivity index (χ4n) is 3.20. The molecular weight excluding hydrogens is 330 g/mol. The highest BCUT2D eigenvalue weighted by molar-refractivity contribution is 5.95. The summed E-state index contributed by atoms with van der Waals surface area (Å²) in [6, 6.07) is 4.37. The van der Waals surface area contributed by atoms with Gasteiger partial charge in [-0.05, 0) is 30.0 Å². The van der Waals surface area contributed by atoms with Gasteiger partial charge in [-0.2, -0.15) is 8.78 Å². The molecule has 5 nitrogen and oxygen atoms in total. The Labute approximate surface area is 139 Å². The Balaban J connectivity index is 0.00000192. The number of hydrogen-bond acceptors (Lipinski definition) is 4. The molecule has 2 aliphatic heterocycles. The number of likely N-dealkylation sites (tertiary alicyclic amines) is 1. The maximum absolute atomic E-state index is 12.5. The fourth-order valence-corrected chi connectivity index (χ4v) is 3.20. The van der Waals surface area contributed by atoms with E-state index in [9.17, 15) is 13.6 Å². The summed E-state index contributed by atoms with van der Waals surface area (Å²) >= 11 is 0. The Hall–Kier alpha value is -1.60. The van der Waals surface area contributed by atoms with Crippen molar-refractivity contribution in [3.05, 3.63) is 23.8 Å². The second-order valence-corrected chi connectivity index (χ2v) is 5.63. The van der Waals surface area contributed by atoms with Crippen LogP contribution in [0.2, 0.25) is 0 Å². The average molecular weight is 349 g/mol. The molecular formula is C15H19ClF2N2O3. The molecule has 0 bridgehead atoms. The molecule has 2 saturated heterocycles. The SMILES string of the molecule is COc1ccc(C(=O)N2C[C@H]3CNC[C@H]3C2)cc1OC(F)F.Cl. The van der Waals surface area contributed by atoms with Gasteiger partial charge in [0.25, 0.3) is 5.91 Å². The summed E-state index contributed by atoms with van der Waals surface area (Å²) in [6.45, 7) is 0.297. The molecule has 128 valence electrons. The normalized spacial score (nSPS) is 22.7. The molecule has 8 heteroatoms. The van der Waals surface area contributed by atoms with Crippen LogP contribution in [-0.2, 0) is 0 Å². The second kappa shape index (κ2) is 7.31. The van der Waals surface area contributed by atoms with E-state index >= 15 is 0 Å². The zero-order valence-corrected chi connectivity index (χ0v) is 13.4. The summed E-state index contributed by atoms with van der Waals surface area (Å²) in [4.78, 5) is 14.3. The van der Waals surface area contributed by atoms with Crippen LogP contribution in [-0.4, -0.2) is 50.7 Å². The summed E-state index contributed by atoms with van der Waals surface area (Å²) in [5.74, 6) is 0.873. The molecule has 2 fully saturated rings. The standard InChI is InChI=1S/C15H18F2N2O3.ClH/c1-21-12-3-2-9(4-13(12)22-15(16)17)14(20)19-7-10-5-18-6-11(10)8-19;/h2-4,10-11,15,18H,5-8H2,1H3;1H/t10-,11+;. The number of alkyl halides is 2. The molecule has 2 atom stereocenters.